The normalized spacial score (nSPS) is 10.7. The molecule has 1 heterocycles. The SMILES string of the molecule is ClCCCc1cnn(CCCc2ccccc2)c1. The summed E-state index contributed by atoms with van der Waals surface area (Å²) >= 11 is 5.68. The summed E-state index contributed by atoms with van der Waals surface area (Å²) in [7, 11) is 0. The highest BCUT2D eigenvalue weighted by atomic mass is 35.5. The van der Waals surface area contributed by atoms with E-state index in [1.807, 2.05) is 10.9 Å². The Morgan fingerprint density at radius 3 is 2.56 bits per heavy atom. The minimum atomic E-state index is 0.721. The van der Waals surface area contributed by atoms with E-state index < -0.39 is 0 Å². The highest BCUT2D eigenvalue weighted by Gasteiger charge is 1.99. The molecule has 0 unspecified atom stereocenters. The van der Waals surface area contributed by atoms with E-state index >= 15 is 0 Å². The average Bonchev–Trinajstić information content (AvgIpc) is 2.85. The smallest absolute Gasteiger partial charge is 0.0521 e. The van der Waals surface area contributed by atoms with Gasteiger partial charge in [0.1, 0.15) is 0 Å². The van der Waals surface area contributed by atoms with Crippen LogP contribution in [0.5, 0.6) is 0 Å². The summed E-state index contributed by atoms with van der Waals surface area (Å²) in [6.45, 7) is 0.982. The third-order valence-corrected chi connectivity index (χ3v) is 3.25. The molecule has 2 nitrogen and oxygen atoms in total. The fourth-order valence-corrected chi connectivity index (χ4v) is 2.15. The molecule has 2 rings (SSSR count). The molecule has 0 saturated carbocycles. The van der Waals surface area contributed by atoms with Gasteiger partial charge in [-0.2, -0.15) is 5.10 Å². The molecule has 18 heavy (non-hydrogen) atoms. The number of benzene rings is 1. The molecule has 0 spiro atoms. The van der Waals surface area contributed by atoms with Gasteiger partial charge in [-0.25, -0.2) is 0 Å². The molecule has 0 aliphatic heterocycles. The van der Waals surface area contributed by atoms with Crippen molar-refractivity contribution in [2.24, 2.45) is 0 Å². The molecule has 96 valence electrons. The fourth-order valence-electron chi connectivity index (χ4n) is 2.02. The first-order valence-corrected chi connectivity index (χ1v) is 7.03. The van der Waals surface area contributed by atoms with Crippen LogP contribution in [0.25, 0.3) is 0 Å². The third-order valence-electron chi connectivity index (χ3n) is 2.98. The molecule has 0 atom stereocenters. The Kier molecular flexibility index (Phi) is 5.28. The molecule has 0 aliphatic carbocycles. The van der Waals surface area contributed by atoms with Gasteiger partial charge in [0.25, 0.3) is 0 Å². The second-order valence-electron chi connectivity index (χ2n) is 4.49. The van der Waals surface area contributed by atoms with E-state index in [9.17, 15) is 0 Å². The van der Waals surface area contributed by atoms with E-state index in [-0.39, 0.29) is 0 Å². The lowest BCUT2D eigenvalue weighted by Gasteiger charge is -2.02. The van der Waals surface area contributed by atoms with Gasteiger partial charge in [0.05, 0.1) is 6.20 Å². The Bertz CT molecular complexity index is 451. The average molecular weight is 263 g/mol. The molecule has 0 aliphatic rings. The standard InChI is InChI=1S/C15H19ClN2/c16-10-4-8-15-12-17-18(13-15)11-5-9-14-6-2-1-3-7-14/h1-3,6-7,12-13H,4-5,8-11H2. The Labute approximate surface area is 114 Å². The maximum atomic E-state index is 5.68. The lowest BCUT2D eigenvalue weighted by molar-refractivity contribution is 0.578. The molecule has 0 saturated heterocycles. The summed E-state index contributed by atoms with van der Waals surface area (Å²) in [6, 6.07) is 10.6. The summed E-state index contributed by atoms with van der Waals surface area (Å²) in [6.07, 6.45) is 8.38. The molecular formula is C15H19ClN2. The van der Waals surface area contributed by atoms with Crippen LogP contribution >= 0.6 is 11.6 Å². The van der Waals surface area contributed by atoms with Crippen molar-refractivity contribution >= 4 is 11.6 Å². The largest absolute Gasteiger partial charge is 0.272 e. The Balaban J connectivity index is 1.75. The van der Waals surface area contributed by atoms with Crippen LogP contribution in [0.15, 0.2) is 42.7 Å². The molecule has 1 aromatic carbocycles. The predicted octanol–water partition coefficient (Wildman–Crippen LogP) is 3.69. The second kappa shape index (κ2) is 7.22. The Hall–Kier alpha value is -1.28. The first-order valence-electron chi connectivity index (χ1n) is 6.50. The van der Waals surface area contributed by atoms with Gasteiger partial charge in [-0.1, -0.05) is 30.3 Å². The number of rotatable bonds is 7. The fraction of sp³-hybridized carbons (Fsp3) is 0.400. The van der Waals surface area contributed by atoms with Gasteiger partial charge in [-0.05, 0) is 36.8 Å². The van der Waals surface area contributed by atoms with Gasteiger partial charge in [0.15, 0.2) is 0 Å². The molecule has 0 fully saturated rings. The van der Waals surface area contributed by atoms with Crippen LogP contribution in [0.1, 0.15) is 24.0 Å². The summed E-state index contributed by atoms with van der Waals surface area (Å²) in [4.78, 5) is 0. The van der Waals surface area contributed by atoms with Crippen molar-refractivity contribution < 1.29 is 0 Å². The number of halogens is 1. The van der Waals surface area contributed by atoms with Crippen LogP contribution in [0.4, 0.5) is 0 Å². The van der Waals surface area contributed by atoms with Crippen molar-refractivity contribution in [3.05, 3.63) is 53.9 Å². The topological polar surface area (TPSA) is 17.8 Å². The van der Waals surface area contributed by atoms with Gasteiger partial charge < -0.3 is 0 Å². The van der Waals surface area contributed by atoms with E-state index in [0.29, 0.717) is 0 Å². The molecule has 0 amide bonds. The van der Waals surface area contributed by atoms with E-state index in [4.69, 9.17) is 11.6 Å². The van der Waals surface area contributed by atoms with Crippen LogP contribution in [0, 0.1) is 0 Å². The van der Waals surface area contributed by atoms with Crippen molar-refractivity contribution in [3.8, 4) is 0 Å². The lowest BCUT2D eigenvalue weighted by Crippen LogP contribution is -1.99. The molecule has 0 N–H and O–H groups in total. The second-order valence-corrected chi connectivity index (χ2v) is 4.87. The maximum absolute atomic E-state index is 5.68. The van der Waals surface area contributed by atoms with Crippen LogP contribution in [-0.2, 0) is 19.4 Å². The maximum Gasteiger partial charge on any atom is 0.0521 e. The Morgan fingerprint density at radius 2 is 1.78 bits per heavy atom. The molecular weight excluding hydrogens is 244 g/mol. The van der Waals surface area contributed by atoms with Crippen molar-refractivity contribution in [2.45, 2.75) is 32.2 Å². The quantitative estimate of drug-likeness (QED) is 0.696. The summed E-state index contributed by atoms with van der Waals surface area (Å²) in [5.41, 5.74) is 2.68. The van der Waals surface area contributed by atoms with E-state index in [2.05, 4.69) is 41.6 Å². The van der Waals surface area contributed by atoms with Gasteiger partial charge in [-0.15, -0.1) is 11.6 Å². The molecule has 1 aromatic heterocycles. The molecule has 3 heteroatoms. The van der Waals surface area contributed by atoms with Gasteiger partial charge in [0.2, 0.25) is 0 Å². The van der Waals surface area contributed by atoms with Crippen LogP contribution in [0.3, 0.4) is 0 Å². The van der Waals surface area contributed by atoms with Crippen molar-refractivity contribution in [2.75, 3.05) is 5.88 Å². The number of aromatic nitrogens is 2. The summed E-state index contributed by atoms with van der Waals surface area (Å²) in [5.74, 6) is 0.721. The number of hydrogen-bond acceptors (Lipinski definition) is 1. The highest BCUT2D eigenvalue weighted by molar-refractivity contribution is 6.17. The van der Waals surface area contributed by atoms with Crippen LogP contribution < -0.4 is 0 Å². The lowest BCUT2D eigenvalue weighted by atomic mass is 10.1. The van der Waals surface area contributed by atoms with Crippen molar-refractivity contribution in [3.63, 3.8) is 0 Å². The predicted molar refractivity (Wildman–Crippen MR) is 76.0 cm³/mol. The number of hydrogen-bond donors (Lipinski definition) is 0. The monoisotopic (exact) mass is 262 g/mol. The first-order chi connectivity index (χ1) is 8.88. The first kappa shape index (κ1) is 13.2. The number of nitrogens with zero attached hydrogens (tertiary/aromatic N) is 2. The van der Waals surface area contributed by atoms with Crippen molar-refractivity contribution in [1.82, 2.24) is 9.78 Å². The molecule has 0 radical (unpaired) electrons. The van der Waals surface area contributed by atoms with Gasteiger partial charge in [-0.3, -0.25) is 4.68 Å². The Morgan fingerprint density at radius 1 is 1.00 bits per heavy atom. The van der Waals surface area contributed by atoms with Gasteiger partial charge >= 0.3 is 0 Å². The van der Waals surface area contributed by atoms with Crippen LogP contribution in [0.2, 0.25) is 0 Å². The van der Waals surface area contributed by atoms with Gasteiger partial charge in [0, 0.05) is 18.6 Å². The van der Waals surface area contributed by atoms with E-state index in [1.54, 1.807) is 0 Å². The zero-order valence-corrected chi connectivity index (χ0v) is 11.3. The highest BCUT2D eigenvalue weighted by Crippen LogP contribution is 2.06. The van der Waals surface area contributed by atoms with E-state index in [1.165, 1.54) is 11.1 Å². The summed E-state index contributed by atoms with van der Waals surface area (Å²) < 4.78 is 2.03. The summed E-state index contributed by atoms with van der Waals surface area (Å²) in [5, 5.41) is 4.37. The number of alkyl halides is 1. The van der Waals surface area contributed by atoms with Crippen LogP contribution in [-0.4, -0.2) is 15.7 Å². The van der Waals surface area contributed by atoms with E-state index in [0.717, 1.165) is 38.1 Å². The molecule has 0 bridgehead atoms. The zero-order valence-electron chi connectivity index (χ0n) is 10.6. The minimum absolute atomic E-state index is 0.721. The molecule has 2 aromatic rings. The zero-order chi connectivity index (χ0) is 12.6. The third kappa shape index (κ3) is 4.19. The number of aryl methyl sites for hydroxylation is 3. The van der Waals surface area contributed by atoms with Crippen molar-refractivity contribution in [1.29, 1.82) is 0 Å². The minimum Gasteiger partial charge on any atom is -0.272 e.